The summed E-state index contributed by atoms with van der Waals surface area (Å²) in [4.78, 5) is 4.14. The van der Waals surface area contributed by atoms with Gasteiger partial charge in [-0.1, -0.05) is 12.1 Å². The molecule has 0 saturated heterocycles. The molecular weight excluding hydrogens is 262 g/mol. The van der Waals surface area contributed by atoms with Crippen LogP contribution in [0.4, 0.5) is 0 Å². The Morgan fingerprint density at radius 1 is 1.33 bits per heavy atom. The first-order chi connectivity index (χ1) is 10.2. The van der Waals surface area contributed by atoms with Crippen LogP contribution in [0.5, 0.6) is 5.88 Å². The van der Waals surface area contributed by atoms with Gasteiger partial charge in [-0.15, -0.1) is 0 Å². The zero-order valence-corrected chi connectivity index (χ0v) is 11.7. The van der Waals surface area contributed by atoms with E-state index in [0.29, 0.717) is 13.0 Å². The van der Waals surface area contributed by atoms with Gasteiger partial charge < -0.3 is 9.67 Å². The minimum absolute atomic E-state index is 0.232. The number of nitriles is 1. The molecule has 0 aliphatic rings. The SMILES string of the molecule is Cc1cc(-c2cccnc2)cc2cn(CCC#N)c(O)c12. The molecule has 1 N–H and O–H groups in total. The van der Waals surface area contributed by atoms with Crippen LogP contribution < -0.4 is 0 Å². The second kappa shape index (κ2) is 5.29. The monoisotopic (exact) mass is 277 g/mol. The maximum Gasteiger partial charge on any atom is 0.199 e. The summed E-state index contributed by atoms with van der Waals surface area (Å²) >= 11 is 0. The highest BCUT2D eigenvalue weighted by atomic mass is 16.3. The fourth-order valence-corrected chi connectivity index (χ4v) is 2.64. The largest absolute Gasteiger partial charge is 0.494 e. The van der Waals surface area contributed by atoms with E-state index < -0.39 is 0 Å². The van der Waals surface area contributed by atoms with Gasteiger partial charge in [0.15, 0.2) is 5.88 Å². The molecule has 0 atom stereocenters. The fourth-order valence-electron chi connectivity index (χ4n) is 2.64. The van der Waals surface area contributed by atoms with Crippen LogP contribution in [0.2, 0.25) is 0 Å². The summed E-state index contributed by atoms with van der Waals surface area (Å²) in [6, 6.07) is 10.1. The van der Waals surface area contributed by atoms with Crippen molar-refractivity contribution in [2.24, 2.45) is 0 Å². The maximum absolute atomic E-state index is 10.3. The summed E-state index contributed by atoms with van der Waals surface area (Å²) < 4.78 is 1.73. The Kier molecular flexibility index (Phi) is 3.33. The molecule has 0 unspecified atom stereocenters. The first kappa shape index (κ1) is 13.2. The molecule has 0 fully saturated rings. The number of fused-ring (bicyclic) bond motifs is 1. The third-order valence-electron chi connectivity index (χ3n) is 3.62. The maximum atomic E-state index is 10.3. The first-order valence-corrected chi connectivity index (χ1v) is 6.80. The van der Waals surface area contributed by atoms with Crippen molar-refractivity contribution in [3.63, 3.8) is 0 Å². The summed E-state index contributed by atoms with van der Waals surface area (Å²) in [5, 5.41) is 20.8. The van der Waals surface area contributed by atoms with Crippen molar-refractivity contribution in [1.29, 1.82) is 5.26 Å². The lowest BCUT2D eigenvalue weighted by Gasteiger charge is -2.05. The number of rotatable bonds is 3. The van der Waals surface area contributed by atoms with Crippen molar-refractivity contribution in [2.75, 3.05) is 0 Å². The molecule has 0 amide bonds. The van der Waals surface area contributed by atoms with Crippen LogP contribution in [0.3, 0.4) is 0 Å². The quantitative estimate of drug-likeness (QED) is 0.795. The number of aromatic hydroxyl groups is 1. The van der Waals surface area contributed by atoms with Crippen LogP contribution in [-0.2, 0) is 6.54 Å². The molecule has 4 heteroatoms. The number of nitrogens with zero attached hydrogens (tertiary/aromatic N) is 3. The van der Waals surface area contributed by atoms with Gasteiger partial charge in [0.05, 0.1) is 12.5 Å². The van der Waals surface area contributed by atoms with Crippen molar-refractivity contribution >= 4 is 10.8 Å². The Labute approximate surface area is 122 Å². The van der Waals surface area contributed by atoms with E-state index in [1.807, 2.05) is 43.6 Å². The number of benzene rings is 1. The molecule has 4 nitrogen and oxygen atoms in total. The van der Waals surface area contributed by atoms with Crippen LogP contribution in [0, 0.1) is 18.3 Å². The Bertz CT molecular complexity index is 829. The highest BCUT2D eigenvalue weighted by Gasteiger charge is 2.12. The molecule has 0 spiro atoms. The zero-order chi connectivity index (χ0) is 14.8. The zero-order valence-electron chi connectivity index (χ0n) is 11.7. The molecule has 3 aromatic rings. The Hall–Kier alpha value is -2.80. The lowest BCUT2D eigenvalue weighted by molar-refractivity contribution is 0.423. The highest BCUT2D eigenvalue weighted by Crippen LogP contribution is 2.34. The van der Waals surface area contributed by atoms with Crippen LogP contribution in [0.25, 0.3) is 21.9 Å². The van der Waals surface area contributed by atoms with Crippen molar-refractivity contribution in [3.8, 4) is 23.1 Å². The second-order valence-corrected chi connectivity index (χ2v) is 5.05. The minimum Gasteiger partial charge on any atom is -0.494 e. The van der Waals surface area contributed by atoms with E-state index in [-0.39, 0.29) is 5.88 Å². The summed E-state index contributed by atoms with van der Waals surface area (Å²) in [5.41, 5.74) is 3.14. The molecule has 0 bridgehead atoms. The lowest BCUT2D eigenvalue weighted by atomic mass is 10.0. The summed E-state index contributed by atoms with van der Waals surface area (Å²) in [6.07, 6.45) is 5.85. The third kappa shape index (κ3) is 2.34. The summed E-state index contributed by atoms with van der Waals surface area (Å²) in [6.45, 7) is 2.48. The van der Waals surface area contributed by atoms with Crippen molar-refractivity contribution in [3.05, 3.63) is 48.4 Å². The standard InChI is InChI=1S/C17H15N3O/c1-12-8-14(13-4-2-6-19-10-13)9-15-11-20(7-3-5-18)17(21)16(12)15/h2,4,6,8-11,21H,3,7H2,1H3. The molecule has 0 radical (unpaired) electrons. The molecule has 21 heavy (non-hydrogen) atoms. The van der Waals surface area contributed by atoms with Gasteiger partial charge in [-0.3, -0.25) is 4.98 Å². The lowest BCUT2D eigenvalue weighted by Crippen LogP contribution is -1.93. The van der Waals surface area contributed by atoms with Crippen LogP contribution in [0.15, 0.2) is 42.9 Å². The average molecular weight is 277 g/mol. The summed E-state index contributed by atoms with van der Waals surface area (Å²) in [7, 11) is 0. The van der Waals surface area contributed by atoms with Gasteiger partial charge in [-0.05, 0) is 30.2 Å². The average Bonchev–Trinajstić information content (AvgIpc) is 2.82. The second-order valence-electron chi connectivity index (χ2n) is 5.05. The molecule has 1 aromatic carbocycles. The molecule has 3 rings (SSSR count). The topological polar surface area (TPSA) is 61.8 Å². The van der Waals surface area contributed by atoms with Gasteiger partial charge in [-0.25, -0.2) is 0 Å². The number of hydrogen-bond donors (Lipinski definition) is 1. The van der Waals surface area contributed by atoms with Gasteiger partial charge >= 0.3 is 0 Å². The van der Waals surface area contributed by atoms with Crippen LogP contribution >= 0.6 is 0 Å². The van der Waals surface area contributed by atoms with Crippen molar-refractivity contribution < 1.29 is 5.11 Å². The molecule has 104 valence electrons. The van der Waals surface area contributed by atoms with Gasteiger partial charge in [-0.2, -0.15) is 5.26 Å². The van der Waals surface area contributed by atoms with Gasteiger partial charge in [0.25, 0.3) is 0 Å². The third-order valence-corrected chi connectivity index (χ3v) is 3.62. The number of hydrogen-bond acceptors (Lipinski definition) is 3. The minimum atomic E-state index is 0.232. The fraction of sp³-hybridized carbons (Fsp3) is 0.176. The Morgan fingerprint density at radius 2 is 2.19 bits per heavy atom. The predicted octanol–water partition coefficient (Wildman–Crippen LogP) is 3.63. The number of pyridine rings is 1. The smallest absolute Gasteiger partial charge is 0.199 e. The van der Waals surface area contributed by atoms with E-state index in [1.54, 1.807) is 10.8 Å². The molecule has 2 aromatic heterocycles. The molecule has 0 aliphatic carbocycles. The van der Waals surface area contributed by atoms with E-state index in [1.165, 1.54) is 0 Å². The molecular formula is C17H15N3O. The first-order valence-electron chi connectivity index (χ1n) is 6.80. The van der Waals surface area contributed by atoms with Gasteiger partial charge in [0, 0.05) is 41.5 Å². The van der Waals surface area contributed by atoms with E-state index in [4.69, 9.17) is 5.26 Å². The molecule has 0 saturated carbocycles. The molecule has 2 heterocycles. The number of aromatic nitrogens is 2. The van der Waals surface area contributed by atoms with E-state index >= 15 is 0 Å². The summed E-state index contributed by atoms with van der Waals surface area (Å²) in [5.74, 6) is 0.232. The predicted molar refractivity (Wildman–Crippen MR) is 81.8 cm³/mol. The van der Waals surface area contributed by atoms with E-state index in [2.05, 4.69) is 11.1 Å². The van der Waals surface area contributed by atoms with Gasteiger partial charge in [0.2, 0.25) is 0 Å². The number of aryl methyl sites for hydroxylation is 2. The van der Waals surface area contributed by atoms with E-state index in [0.717, 1.165) is 27.5 Å². The van der Waals surface area contributed by atoms with Crippen molar-refractivity contribution in [1.82, 2.24) is 9.55 Å². The van der Waals surface area contributed by atoms with Crippen molar-refractivity contribution in [2.45, 2.75) is 19.9 Å². The van der Waals surface area contributed by atoms with E-state index in [9.17, 15) is 5.11 Å². The van der Waals surface area contributed by atoms with Crippen LogP contribution in [-0.4, -0.2) is 14.7 Å². The molecule has 0 aliphatic heterocycles. The highest BCUT2D eigenvalue weighted by molar-refractivity contribution is 5.94. The Balaban J connectivity index is 2.14. The van der Waals surface area contributed by atoms with Crippen LogP contribution in [0.1, 0.15) is 12.0 Å². The Morgan fingerprint density at radius 3 is 2.90 bits per heavy atom. The van der Waals surface area contributed by atoms with Gasteiger partial charge in [0.1, 0.15) is 0 Å². The normalized spacial score (nSPS) is 10.7.